The first kappa shape index (κ1) is 62.0. The van der Waals surface area contributed by atoms with E-state index in [0.717, 1.165) is 62.8 Å². The predicted molar refractivity (Wildman–Crippen MR) is 305 cm³/mol. The zero-order valence-corrected chi connectivity index (χ0v) is 48.3. The minimum absolute atomic E-state index is 0.000326. The van der Waals surface area contributed by atoms with Gasteiger partial charge in [0.25, 0.3) is 11.8 Å². The van der Waals surface area contributed by atoms with Crippen LogP contribution < -0.4 is 31.6 Å². The molecule has 31 heteroatoms. The van der Waals surface area contributed by atoms with Gasteiger partial charge in [-0.3, -0.25) is 18.7 Å². The Hall–Kier alpha value is -8.05. The second-order valence-electron chi connectivity index (χ2n) is 21.5. The molecule has 4 aliphatic heterocycles. The number of carbonyl (C=O) groups excluding carboxylic acids is 4. The van der Waals surface area contributed by atoms with Crippen LogP contribution in [0.2, 0.25) is 0 Å². The van der Waals surface area contributed by atoms with E-state index in [1.807, 2.05) is 22.6 Å². The van der Waals surface area contributed by atoms with E-state index in [-0.39, 0.29) is 58.1 Å². The Balaban J connectivity index is 0.000000160. The summed E-state index contributed by atoms with van der Waals surface area (Å²) in [5, 5.41) is 47.2. The van der Waals surface area contributed by atoms with Gasteiger partial charge >= 0.3 is 12.2 Å². The van der Waals surface area contributed by atoms with Crippen molar-refractivity contribution < 1.29 is 76.1 Å². The summed E-state index contributed by atoms with van der Waals surface area (Å²) in [6, 6.07) is 6.12. The fourth-order valence-corrected chi connectivity index (χ4v) is 10.5. The molecule has 2 aliphatic carbocycles. The Labute approximate surface area is 506 Å². The third-order valence-corrected chi connectivity index (χ3v) is 15.7. The molecule has 4 saturated heterocycles. The standard InChI is InChI=1S/C28H29F2N7O6.C15H15F2NO2.C13H15IN6O4/c29-17-7-6-16(12-18(17)30)42-28(41)36-10-8-14(9-11-36)2-1-3-19-34-24(31)20-25(35-19)37(13-32-20)27-22(39)21(38)23(43-27)26(40)33-15-4-5-15;1-2-3-11-6-8-18(9-7-11)15(19)20-12-4-5-13(16)14(17)10-12;14-13-18-9(15)5-10(19-13)20(3-16-5)12-7(22)6(21)8(24-12)11(23)17-4-1-2-4/h6-7,12-15,21-23,27,38-39H,2,4-5,8-11H2,(H,33,40)(H2,31,34,35);1,4-5,10-11H,3,6-9H2;3-4,6-8,12,21-22H,1-2H2,(H,17,23)(H2,15,18,19)/t21?,22-,23-,27+;;6?,7-,8-,12+/m0.0/s1. The number of nitrogens with one attached hydrogen (secondary N) is 2. The van der Waals surface area contributed by atoms with Gasteiger partial charge in [-0.2, -0.15) is 0 Å². The minimum atomic E-state index is -1.45. The number of imidazole rings is 2. The molecule has 6 aliphatic rings. The van der Waals surface area contributed by atoms with Crippen molar-refractivity contribution in [2.24, 2.45) is 11.8 Å². The van der Waals surface area contributed by atoms with Gasteiger partial charge in [0.1, 0.15) is 46.9 Å². The average Bonchev–Trinajstić information content (AvgIpc) is 1.76. The van der Waals surface area contributed by atoms with Crippen LogP contribution in [0.1, 0.15) is 82.5 Å². The monoisotopic (exact) mass is 1320 g/mol. The van der Waals surface area contributed by atoms with Gasteiger partial charge in [-0.05, 0) is 93.4 Å². The van der Waals surface area contributed by atoms with E-state index >= 15 is 0 Å². The van der Waals surface area contributed by atoms with Crippen LogP contribution in [-0.4, -0.2) is 168 Å². The highest BCUT2D eigenvalue weighted by Crippen LogP contribution is 2.35. The lowest BCUT2D eigenvalue weighted by Crippen LogP contribution is -2.43. The predicted octanol–water partition coefficient (Wildman–Crippen LogP) is 3.35. The van der Waals surface area contributed by atoms with Crippen LogP contribution >= 0.6 is 22.6 Å². The molecule has 0 spiro atoms. The fraction of sp³-hybridized carbons (Fsp3) is 0.464. The van der Waals surface area contributed by atoms with Crippen LogP contribution in [0.25, 0.3) is 22.3 Å². The number of aliphatic hydroxyl groups excluding tert-OH is 4. The number of rotatable bonds is 10. The van der Waals surface area contributed by atoms with Crippen molar-refractivity contribution in [3.8, 4) is 35.7 Å². The molecule has 10 N–H and O–H groups in total. The van der Waals surface area contributed by atoms with Crippen LogP contribution in [0.15, 0.2) is 49.1 Å². The molecule has 4 amide bonds. The van der Waals surface area contributed by atoms with Crippen LogP contribution in [0.5, 0.6) is 11.5 Å². The molecule has 8 heterocycles. The van der Waals surface area contributed by atoms with Gasteiger partial charge in [0, 0.05) is 85.8 Å². The zero-order valence-electron chi connectivity index (χ0n) is 46.1. The molecular formula is C56H59F4IN14O12. The molecule has 460 valence electrons. The lowest BCUT2D eigenvalue weighted by atomic mass is 9.94. The summed E-state index contributed by atoms with van der Waals surface area (Å²) in [5.41, 5.74) is 13.1. The van der Waals surface area contributed by atoms with E-state index in [1.165, 1.54) is 38.8 Å². The highest BCUT2D eigenvalue weighted by atomic mass is 127. The zero-order chi connectivity index (χ0) is 61.8. The number of benzene rings is 2. The van der Waals surface area contributed by atoms with E-state index in [2.05, 4.69) is 58.3 Å². The molecular weight excluding hydrogens is 1260 g/mol. The smallest absolute Gasteiger partial charge is 0.410 e. The molecule has 6 fully saturated rings. The third-order valence-electron chi connectivity index (χ3n) is 15.2. The van der Waals surface area contributed by atoms with Crippen molar-refractivity contribution >= 4 is 80.6 Å². The van der Waals surface area contributed by atoms with Crippen LogP contribution in [0.3, 0.4) is 0 Å². The SMILES string of the molecule is C#CCC1CCN(C(=O)Oc2ccc(F)c(F)c2)CC1.Nc1nc(C#CCC2CCN(C(=O)Oc3ccc(F)c(F)c3)CC2)nc2c1ncn2[C@@H]1O[C@H](C(=O)NC2CC2)C(O)[C@@H]1O.Nc1nc(I)nc2c1ncn2[C@@H]1O[C@H](C(=O)NC2CC2)C(O)[C@@H]1O. The van der Waals surface area contributed by atoms with Gasteiger partial charge in [0.15, 0.2) is 74.7 Å². The van der Waals surface area contributed by atoms with Crippen LogP contribution in [0.4, 0.5) is 38.8 Å². The number of piperidine rings is 2. The second-order valence-corrected chi connectivity index (χ2v) is 22.5. The molecule has 6 aromatic rings. The molecule has 2 saturated carbocycles. The number of nitrogens with two attached hydrogens (primary N) is 2. The minimum Gasteiger partial charge on any atom is -0.410 e. The summed E-state index contributed by atoms with van der Waals surface area (Å²) in [6.07, 6.45) is 4.53. The number of fused-ring (bicyclic) bond motifs is 2. The summed E-state index contributed by atoms with van der Waals surface area (Å²) in [7, 11) is 0. The van der Waals surface area contributed by atoms with Crippen molar-refractivity contribution in [3.05, 3.63) is 82.0 Å². The van der Waals surface area contributed by atoms with Gasteiger partial charge in [-0.1, -0.05) is 5.92 Å². The number of carbonyl (C=O) groups is 4. The van der Waals surface area contributed by atoms with E-state index in [1.54, 1.807) is 4.90 Å². The highest BCUT2D eigenvalue weighted by Gasteiger charge is 2.50. The number of hydrogen-bond acceptors (Lipinski definition) is 20. The van der Waals surface area contributed by atoms with Crippen molar-refractivity contribution in [2.75, 3.05) is 37.6 Å². The first-order valence-corrected chi connectivity index (χ1v) is 28.9. The van der Waals surface area contributed by atoms with Crippen molar-refractivity contribution in [3.63, 3.8) is 0 Å². The number of anilines is 2. The third kappa shape index (κ3) is 14.7. The molecule has 2 aromatic carbocycles. The van der Waals surface area contributed by atoms with Crippen molar-refractivity contribution in [1.82, 2.24) is 59.5 Å². The maximum absolute atomic E-state index is 13.4. The van der Waals surface area contributed by atoms with E-state index < -0.39 is 96.3 Å². The average molecular weight is 1320 g/mol. The van der Waals surface area contributed by atoms with E-state index in [0.29, 0.717) is 72.8 Å². The van der Waals surface area contributed by atoms with Gasteiger partial charge in [0.2, 0.25) is 5.82 Å². The molecule has 2 unspecified atom stereocenters. The van der Waals surface area contributed by atoms with Crippen molar-refractivity contribution in [1.29, 1.82) is 0 Å². The number of nitrogens with zero attached hydrogens (tertiary/aromatic N) is 10. The van der Waals surface area contributed by atoms with Gasteiger partial charge in [-0.25, -0.2) is 57.1 Å². The molecule has 12 rings (SSSR count). The van der Waals surface area contributed by atoms with Gasteiger partial charge in [0.05, 0.1) is 12.7 Å². The Bertz CT molecular complexity index is 3660. The molecule has 26 nitrogen and oxygen atoms in total. The Morgan fingerprint density at radius 2 is 1.06 bits per heavy atom. The van der Waals surface area contributed by atoms with Gasteiger partial charge in [-0.15, -0.1) is 12.3 Å². The van der Waals surface area contributed by atoms with E-state index in [4.69, 9.17) is 36.8 Å². The Morgan fingerprint density at radius 3 is 1.49 bits per heavy atom. The molecule has 4 aromatic heterocycles. The summed E-state index contributed by atoms with van der Waals surface area (Å²) >= 11 is 1.91. The van der Waals surface area contributed by atoms with Crippen LogP contribution in [-0.2, 0) is 19.1 Å². The topological polar surface area (TPSA) is 356 Å². The molecule has 0 bridgehead atoms. The lowest BCUT2D eigenvalue weighted by molar-refractivity contribution is -0.138. The quantitative estimate of drug-likeness (QED) is 0.0422. The summed E-state index contributed by atoms with van der Waals surface area (Å²) in [4.78, 5) is 77.2. The van der Waals surface area contributed by atoms with Gasteiger partial charge < -0.3 is 71.3 Å². The lowest BCUT2D eigenvalue weighted by Gasteiger charge is -2.30. The molecule has 8 atom stereocenters. The maximum Gasteiger partial charge on any atom is 0.415 e. The molecule has 0 radical (unpaired) electrons. The maximum atomic E-state index is 13.4. The second kappa shape index (κ2) is 26.9. The number of likely N-dealkylation sites (tertiary alicyclic amines) is 2. The summed E-state index contributed by atoms with van der Waals surface area (Å²) in [5.74, 6) is 4.48. The Morgan fingerprint density at radius 1 is 0.621 bits per heavy atom. The number of aliphatic hydroxyl groups is 4. The normalized spacial score (nSPS) is 23.8. The fourth-order valence-electron chi connectivity index (χ4n) is 10.0. The number of hydrogen-bond donors (Lipinski definition) is 8. The Kier molecular flexibility index (Phi) is 19.2. The number of nitrogen functional groups attached to an aromatic ring is 2. The summed E-state index contributed by atoms with van der Waals surface area (Å²) in [6.45, 7) is 1.96. The highest BCUT2D eigenvalue weighted by molar-refractivity contribution is 14.1. The van der Waals surface area contributed by atoms with Crippen molar-refractivity contribution in [2.45, 2.75) is 125 Å². The number of halogens is 5. The number of aromatic nitrogens is 8. The number of amides is 4. The first-order valence-electron chi connectivity index (χ1n) is 27.8. The van der Waals surface area contributed by atoms with E-state index in [9.17, 15) is 57.2 Å². The molecule has 87 heavy (non-hydrogen) atoms. The summed E-state index contributed by atoms with van der Waals surface area (Å²) < 4.78 is 77.1. The number of terminal acetylenes is 1. The first-order chi connectivity index (χ1) is 41.7. The van der Waals surface area contributed by atoms with Crippen LogP contribution in [0, 0.1) is 63.1 Å². The number of ether oxygens (including phenoxy) is 4. The largest absolute Gasteiger partial charge is 0.415 e.